The average molecular weight is 278 g/mol. The van der Waals surface area contributed by atoms with Gasteiger partial charge in [-0.3, -0.25) is 4.79 Å². The molecular weight excluding hydrogens is 256 g/mol. The number of carbonyl (C=O) groups excluding carboxylic acids is 1. The summed E-state index contributed by atoms with van der Waals surface area (Å²) < 4.78 is 10.8. The molecule has 0 atom stereocenters. The minimum atomic E-state index is -0.477. The molecular formula is C15H22N2O3. The number of fused-ring (bicyclic) bond motifs is 1. The van der Waals surface area contributed by atoms with Crippen LogP contribution in [-0.4, -0.2) is 19.2 Å². The summed E-state index contributed by atoms with van der Waals surface area (Å²) >= 11 is 0. The maximum atomic E-state index is 12.4. The van der Waals surface area contributed by atoms with Gasteiger partial charge in [-0.2, -0.15) is 0 Å². The summed E-state index contributed by atoms with van der Waals surface area (Å²) in [5.41, 5.74) is 6.23. The van der Waals surface area contributed by atoms with Gasteiger partial charge in [0.1, 0.15) is 0 Å². The zero-order valence-electron chi connectivity index (χ0n) is 12.1. The van der Waals surface area contributed by atoms with Gasteiger partial charge in [0.05, 0.1) is 5.41 Å². The van der Waals surface area contributed by atoms with E-state index in [1.807, 2.05) is 32.0 Å². The summed E-state index contributed by atoms with van der Waals surface area (Å²) in [5.74, 6) is 1.45. The molecule has 1 aliphatic heterocycles. The Morgan fingerprint density at radius 3 is 2.75 bits per heavy atom. The lowest BCUT2D eigenvalue weighted by molar-refractivity contribution is -0.131. The van der Waals surface area contributed by atoms with Gasteiger partial charge in [-0.15, -0.1) is 0 Å². The van der Waals surface area contributed by atoms with Crippen LogP contribution in [0.4, 0.5) is 0 Å². The molecule has 20 heavy (non-hydrogen) atoms. The Balaban J connectivity index is 2.06. The number of nitrogens with one attached hydrogen (secondary N) is 1. The number of hydrogen-bond acceptors (Lipinski definition) is 4. The van der Waals surface area contributed by atoms with Gasteiger partial charge >= 0.3 is 0 Å². The van der Waals surface area contributed by atoms with Crippen molar-refractivity contribution in [3.63, 3.8) is 0 Å². The SMILES string of the molecule is CCC(CC)(CN)C(=O)NCc1cccc2c1OCO2. The van der Waals surface area contributed by atoms with Crippen molar-refractivity contribution in [2.75, 3.05) is 13.3 Å². The average Bonchev–Trinajstić information content (AvgIpc) is 2.96. The van der Waals surface area contributed by atoms with Crippen LogP contribution in [0.3, 0.4) is 0 Å². The van der Waals surface area contributed by atoms with E-state index in [0.717, 1.165) is 29.9 Å². The summed E-state index contributed by atoms with van der Waals surface area (Å²) in [6, 6.07) is 5.68. The molecule has 0 saturated carbocycles. The standard InChI is InChI=1S/C15H22N2O3/c1-3-15(4-2,9-16)14(18)17-8-11-6-5-7-12-13(11)20-10-19-12/h5-7H,3-4,8-10,16H2,1-2H3,(H,17,18). The van der Waals surface area contributed by atoms with Crippen LogP contribution >= 0.6 is 0 Å². The van der Waals surface area contributed by atoms with E-state index in [0.29, 0.717) is 13.1 Å². The van der Waals surface area contributed by atoms with E-state index in [-0.39, 0.29) is 12.7 Å². The molecule has 0 radical (unpaired) electrons. The normalized spacial score (nSPS) is 13.3. The molecule has 5 nitrogen and oxygen atoms in total. The third-order valence-electron chi connectivity index (χ3n) is 4.14. The first-order chi connectivity index (χ1) is 9.66. The quantitative estimate of drug-likeness (QED) is 0.832. The predicted molar refractivity (Wildman–Crippen MR) is 76.5 cm³/mol. The predicted octanol–water partition coefficient (Wildman–Crippen LogP) is 1.80. The first kappa shape index (κ1) is 14.7. The van der Waals surface area contributed by atoms with Gasteiger partial charge in [-0.05, 0) is 18.9 Å². The van der Waals surface area contributed by atoms with Gasteiger partial charge in [0, 0.05) is 18.7 Å². The van der Waals surface area contributed by atoms with Crippen molar-refractivity contribution in [3.05, 3.63) is 23.8 Å². The van der Waals surface area contributed by atoms with Gasteiger partial charge in [0.15, 0.2) is 11.5 Å². The van der Waals surface area contributed by atoms with Crippen LogP contribution < -0.4 is 20.5 Å². The molecule has 0 unspecified atom stereocenters. The lowest BCUT2D eigenvalue weighted by Crippen LogP contribution is -2.45. The van der Waals surface area contributed by atoms with Crippen molar-refractivity contribution in [3.8, 4) is 11.5 Å². The number of rotatable bonds is 6. The van der Waals surface area contributed by atoms with Gasteiger partial charge in [0.2, 0.25) is 12.7 Å². The third-order valence-corrected chi connectivity index (χ3v) is 4.14. The van der Waals surface area contributed by atoms with E-state index in [2.05, 4.69) is 5.32 Å². The molecule has 0 bridgehead atoms. The Morgan fingerprint density at radius 1 is 1.35 bits per heavy atom. The molecule has 2 rings (SSSR count). The molecule has 1 aromatic carbocycles. The lowest BCUT2D eigenvalue weighted by atomic mass is 9.81. The maximum Gasteiger partial charge on any atom is 0.231 e. The first-order valence-corrected chi connectivity index (χ1v) is 7.02. The zero-order chi connectivity index (χ0) is 14.6. The number of hydrogen-bond donors (Lipinski definition) is 2. The fraction of sp³-hybridized carbons (Fsp3) is 0.533. The Morgan fingerprint density at radius 2 is 2.10 bits per heavy atom. The summed E-state index contributed by atoms with van der Waals surface area (Å²) in [4.78, 5) is 12.4. The van der Waals surface area contributed by atoms with E-state index in [1.165, 1.54) is 0 Å². The Kier molecular flexibility index (Phi) is 4.49. The molecule has 1 aromatic rings. The van der Waals surface area contributed by atoms with Crippen molar-refractivity contribution < 1.29 is 14.3 Å². The largest absolute Gasteiger partial charge is 0.454 e. The van der Waals surface area contributed by atoms with Crippen molar-refractivity contribution in [1.82, 2.24) is 5.32 Å². The smallest absolute Gasteiger partial charge is 0.231 e. The molecule has 5 heteroatoms. The fourth-order valence-corrected chi connectivity index (χ4v) is 2.45. The monoisotopic (exact) mass is 278 g/mol. The van der Waals surface area contributed by atoms with Gasteiger partial charge < -0.3 is 20.5 Å². The van der Waals surface area contributed by atoms with Crippen molar-refractivity contribution in [1.29, 1.82) is 0 Å². The van der Waals surface area contributed by atoms with Gasteiger partial charge in [0.25, 0.3) is 0 Å². The molecule has 0 fully saturated rings. The maximum absolute atomic E-state index is 12.4. The van der Waals surface area contributed by atoms with Crippen LogP contribution in [0.1, 0.15) is 32.3 Å². The van der Waals surface area contributed by atoms with Crippen LogP contribution in [0.5, 0.6) is 11.5 Å². The molecule has 0 aliphatic carbocycles. The number of carbonyl (C=O) groups is 1. The number of amides is 1. The molecule has 0 saturated heterocycles. The van der Waals surface area contributed by atoms with E-state index in [1.54, 1.807) is 0 Å². The molecule has 1 aliphatic rings. The summed E-state index contributed by atoms with van der Waals surface area (Å²) in [6.45, 7) is 5.00. The lowest BCUT2D eigenvalue weighted by Gasteiger charge is -2.28. The fourth-order valence-electron chi connectivity index (χ4n) is 2.45. The second-order valence-corrected chi connectivity index (χ2v) is 5.03. The highest BCUT2D eigenvalue weighted by Crippen LogP contribution is 2.35. The Bertz CT molecular complexity index is 476. The molecule has 1 heterocycles. The van der Waals surface area contributed by atoms with Crippen LogP contribution in [0.25, 0.3) is 0 Å². The minimum absolute atomic E-state index is 0.00141. The summed E-state index contributed by atoms with van der Waals surface area (Å²) in [5, 5.41) is 2.97. The molecule has 0 aromatic heterocycles. The number of para-hydroxylation sites is 1. The van der Waals surface area contributed by atoms with Crippen LogP contribution in [0.15, 0.2) is 18.2 Å². The van der Waals surface area contributed by atoms with E-state index < -0.39 is 5.41 Å². The molecule has 110 valence electrons. The summed E-state index contributed by atoms with van der Waals surface area (Å²) in [7, 11) is 0. The van der Waals surface area contributed by atoms with Crippen LogP contribution in [0.2, 0.25) is 0 Å². The number of benzene rings is 1. The van der Waals surface area contributed by atoms with Crippen molar-refractivity contribution in [2.45, 2.75) is 33.2 Å². The van der Waals surface area contributed by atoms with Gasteiger partial charge in [-0.1, -0.05) is 26.0 Å². The number of ether oxygens (including phenoxy) is 2. The molecule has 3 N–H and O–H groups in total. The molecule has 0 spiro atoms. The first-order valence-electron chi connectivity index (χ1n) is 7.02. The second kappa shape index (κ2) is 6.13. The van der Waals surface area contributed by atoms with Gasteiger partial charge in [-0.25, -0.2) is 0 Å². The Hall–Kier alpha value is -1.75. The highest BCUT2D eigenvalue weighted by molar-refractivity contribution is 5.82. The molecule has 1 amide bonds. The van der Waals surface area contributed by atoms with Crippen LogP contribution in [-0.2, 0) is 11.3 Å². The van der Waals surface area contributed by atoms with E-state index in [4.69, 9.17) is 15.2 Å². The van der Waals surface area contributed by atoms with E-state index in [9.17, 15) is 4.79 Å². The second-order valence-electron chi connectivity index (χ2n) is 5.03. The van der Waals surface area contributed by atoms with Crippen molar-refractivity contribution >= 4 is 5.91 Å². The van der Waals surface area contributed by atoms with E-state index >= 15 is 0 Å². The Labute approximate surface area is 119 Å². The topological polar surface area (TPSA) is 73.6 Å². The minimum Gasteiger partial charge on any atom is -0.454 e. The number of nitrogens with two attached hydrogens (primary N) is 1. The highest BCUT2D eigenvalue weighted by atomic mass is 16.7. The highest BCUT2D eigenvalue weighted by Gasteiger charge is 2.33. The van der Waals surface area contributed by atoms with Crippen molar-refractivity contribution in [2.24, 2.45) is 11.1 Å². The zero-order valence-corrected chi connectivity index (χ0v) is 12.1. The van der Waals surface area contributed by atoms with Crippen LogP contribution in [0, 0.1) is 5.41 Å². The summed E-state index contributed by atoms with van der Waals surface area (Å²) in [6.07, 6.45) is 1.47. The third kappa shape index (κ3) is 2.58.